The third-order valence-corrected chi connectivity index (χ3v) is 5.93. The standard InChI is InChI=1S/C22H20FN5O3/c1-12(29)27-9-14(10-27)22-21-15(4-3-5-18(21)28(25-22)11-20(30)31)16-7-19-13(6-17(16)23)8-24-26(19)2/h3-8,14H,9-11H2,1-2H3,(H,30,31). The molecule has 9 heteroatoms. The van der Waals surface area contributed by atoms with E-state index in [9.17, 15) is 14.7 Å². The maximum absolute atomic E-state index is 15.1. The molecule has 1 aliphatic rings. The average Bonchev–Trinajstić information content (AvgIpc) is 3.20. The van der Waals surface area contributed by atoms with Crippen LogP contribution in [0, 0.1) is 5.82 Å². The van der Waals surface area contributed by atoms with Crippen molar-refractivity contribution in [1.82, 2.24) is 24.5 Å². The van der Waals surface area contributed by atoms with Crippen LogP contribution in [0.2, 0.25) is 0 Å². The van der Waals surface area contributed by atoms with Crippen molar-refractivity contribution < 1.29 is 19.1 Å². The number of carbonyl (C=O) groups is 2. The molecule has 2 aromatic heterocycles. The number of aryl methyl sites for hydroxylation is 1. The van der Waals surface area contributed by atoms with Gasteiger partial charge < -0.3 is 10.0 Å². The van der Waals surface area contributed by atoms with Crippen LogP contribution in [0.15, 0.2) is 36.5 Å². The lowest BCUT2D eigenvalue weighted by Crippen LogP contribution is -2.47. The normalized spacial score (nSPS) is 14.4. The van der Waals surface area contributed by atoms with Crippen LogP contribution in [0.4, 0.5) is 4.39 Å². The molecule has 0 unspecified atom stereocenters. The Labute approximate surface area is 176 Å². The van der Waals surface area contributed by atoms with Crippen LogP contribution >= 0.6 is 0 Å². The predicted octanol–water partition coefficient (Wildman–Crippen LogP) is 2.76. The molecule has 1 fully saturated rings. The number of carboxylic acid groups (broad SMARTS) is 1. The number of rotatable bonds is 4. The second-order valence-electron chi connectivity index (χ2n) is 7.92. The topological polar surface area (TPSA) is 93.2 Å². The predicted molar refractivity (Wildman–Crippen MR) is 112 cm³/mol. The number of hydrogen-bond donors (Lipinski definition) is 1. The van der Waals surface area contributed by atoms with Gasteiger partial charge in [-0.15, -0.1) is 0 Å². The molecule has 0 saturated carbocycles. The number of hydrogen-bond acceptors (Lipinski definition) is 4. The van der Waals surface area contributed by atoms with Gasteiger partial charge in [-0.1, -0.05) is 12.1 Å². The number of carboxylic acids is 1. The van der Waals surface area contributed by atoms with Gasteiger partial charge in [0, 0.05) is 49.3 Å². The van der Waals surface area contributed by atoms with Gasteiger partial charge in [0.05, 0.1) is 22.9 Å². The van der Waals surface area contributed by atoms with Gasteiger partial charge in [0.25, 0.3) is 0 Å². The maximum atomic E-state index is 15.1. The summed E-state index contributed by atoms with van der Waals surface area (Å²) in [7, 11) is 1.80. The highest BCUT2D eigenvalue weighted by Gasteiger charge is 2.34. The molecule has 158 valence electrons. The molecule has 0 aliphatic carbocycles. The third kappa shape index (κ3) is 3.04. The van der Waals surface area contributed by atoms with Crippen LogP contribution < -0.4 is 0 Å². The van der Waals surface area contributed by atoms with E-state index in [0.717, 1.165) is 10.9 Å². The van der Waals surface area contributed by atoms with Gasteiger partial charge in [-0.05, 0) is 23.8 Å². The van der Waals surface area contributed by atoms with Gasteiger partial charge in [-0.2, -0.15) is 10.2 Å². The number of benzene rings is 2. The van der Waals surface area contributed by atoms with Crippen molar-refractivity contribution in [1.29, 1.82) is 0 Å². The summed E-state index contributed by atoms with van der Waals surface area (Å²) in [5.74, 6) is -1.45. The van der Waals surface area contributed by atoms with Gasteiger partial charge in [-0.25, -0.2) is 4.39 Å². The van der Waals surface area contributed by atoms with E-state index in [2.05, 4.69) is 10.2 Å². The first-order valence-electron chi connectivity index (χ1n) is 9.92. The van der Waals surface area contributed by atoms with Crippen molar-refractivity contribution >= 4 is 33.7 Å². The monoisotopic (exact) mass is 421 g/mol. The number of carbonyl (C=O) groups excluding carboxylic acids is 1. The van der Waals surface area contributed by atoms with Crippen LogP contribution in [-0.2, 0) is 23.2 Å². The van der Waals surface area contributed by atoms with E-state index >= 15 is 4.39 Å². The van der Waals surface area contributed by atoms with Crippen molar-refractivity contribution in [2.24, 2.45) is 7.05 Å². The summed E-state index contributed by atoms with van der Waals surface area (Å²) < 4.78 is 18.3. The fourth-order valence-corrected chi connectivity index (χ4v) is 4.30. The molecule has 1 aliphatic heterocycles. The zero-order valence-corrected chi connectivity index (χ0v) is 17.0. The summed E-state index contributed by atoms with van der Waals surface area (Å²) in [6, 6.07) is 8.60. The first-order chi connectivity index (χ1) is 14.8. The highest BCUT2D eigenvalue weighted by atomic mass is 19.1. The fraction of sp³-hybridized carbons (Fsp3) is 0.273. The second-order valence-corrected chi connectivity index (χ2v) is 7.92. The summed E-state index contributed by atoms with van der Waals surface area (Å²) in [6.45, 7) is 2.23. The van der Waals surface area contributed by atoms with Crippen molar-refractivity contribution in [3.8, 4) is 11.1 Å². The van der Waals surface area contributed by atoms with E-state index in [1.54, 1.807) is 41.0 Å². The highest BCUT2D eigenvalue weighted by Crippen LogP contribution is 2.39. The molecule has 31 heavy (non-hydrogen) atoms. The van der Waals surface area contributed by atoms with E-state index in [-0.39, 0.29) is 24.2 Å². The summed E-state index contributed by atoms with van der Waals surface area (Å²) in [5, 5.41) is 19.5. The number of nitrogens with zero attached hydrogens (tertiary/aromatic N) is 5. The molecule has 3 heterocycles. The van der Waals surface area contributed by atoms with Crippen molar-refractivity contribution in [2.45, 2.75) is 19.4 Å². The Kier molecular flexibility index (Phi) is 4.28. The number of likely N-dealkylation sites (tertiary alicyclic amines) is 1. The lowest BCUT2D eigenvalue weighted by Gasteiger charge is -2.38. The molecule has 1 amide bonds. The summed E-state index contributed by atoms with van der Waals surface area (Å²) in [5.41, 5.74) is 3.15. The van der Waals surface area contributed by atoms with E-state index in [1.165, 1.54) is 17.7 Å². The minimum Gasteiger partial charge on any atom is -0.480 e. The van der Waals surface area contributed by atoms with Crippen LogP contribution in [0.1, 0.15) is 18.5 Å². The Morgan fingerprint density at radius 2 is 1.97 bits per heavy atom. The minimum atomic E-state index is -1.01. The molecule has 0 radical (unpaired) electrons. The Hall–Kier alpha value is -3.75. The van der Waals surface area contributed by atoms with Crippen LogP contribution in [-0.4, -0.2) is 54.5 Å². The molecule has 4 aromatic rings. The maximum Gasteiger partial charge on any atom is 0.325 e. The average molecular weight is 421 g/mol. The fourth-order valence-electron chi connectivity index (χ4n) is 4.30. The summed E-state index contributed by atoms with van der Waals surface area (Å²) in [4.78, 5) is 24.7. The molecular weight excluding hydrogens is 401 g/mol. The Balaban J connectivity index is 1.73. The van der Waals surface area contributed by atoms with Crippen LogP contribution in [0.3, 0.4) is 0 Å². The lowest BCUT2D eigenvalue weighted by atomic mass is 9.90. The number of aromatic nitrogens is 4. The molecular formula is C22H20FN5O3. The Morgan fingerprint density at radius 3 is 2.68 bits per heavy atom. The molecule has 0 atom stereocenters. The summed E-state index contributed by atoms with van der Waals surface area (Å²) in [6.07, 6.45) is 1.61. The Bertz CT molecular complexity index is 1370. The molecule has 1 N–H and O–H groups in total. The Morgan fingerprint density at radius 1 is 1.19 bits per heavy atom. The minimum absolute atomic E-state index is 0.0153. The third-order valence-electron chi connectivity index (χ3n) is 5.93. The number of fused-ring (bicyclic) bond motifs is 2. The number of amides is 1. The first-order valence-corrected chi connectivity index (χ1v) is 9.92. The van der Waals surface area contributed by atoms with Crippen molar-refractivity contribution in [3.05, 3.63) is 48.0 Å². The molecule has 1 saturated heterocycles. The van der Waals surface area contributed by atoms with E-state index < -0.39 is 5.97 Å². The summed E-state index contributed by atoms with van der Waals surface area (Å²) >= 11 is 0. The second kappa shape index (κ2) is 6.90. The number of halogens is 1. The smallest absolute Gasteiger partial charge is 0.325 e. The van der Waals surface area contributed by atoms with Gasteiger partial charge in [-0.3, -0.25) is 19.0 Å². The molecule has 0 bridgehead atoms. The number of aliphatic carboxylic acids is 1. The van der Waals surface area contributed by atoms with Crippen molar-refractivity contribution in [2.75, 3.05) is 13.1 Å². The van der Waals surface area contributed by atoms with Gasteiger partial charge in [0.1, 0.15) is 12.4 Å². The molecule has 8 nitrogen and oxygen atoms in total. The SMILES string of the molecule is CC(=O)N1CC(c2nn(CC(=O)O)c3cccc(-c4cc5c(cnn5C)cc4F)c23)C1. The van der Waals surface area contributed by atoms with Gasteiger partial charge >= 0.3 is 5.97 Å². The zero-order chi connectivity index (χ0) is 21.9. The van der Waals surface area contributed by atoms with E-state index in [1.807, 2.05) is 6.07 Å². The van der Waals surface area contributed by atoms with Crippen LogP contribution in [0.5, 0.6) is 0 Å². The largest absolute Gasteiger partial charge is 0.480 e. The quantitative estimate of drug-likeness (QED) is 0.547. The highest BCUT2D eigenvalue weighted by molar-refractivity contribution is 6.00. The van der Waals surface area contributed by atoms with Gasteiger partial charge in [0.15, 0.2) is 0 Å². The molecule has 5 rings (SSSR count). The van der Waals surface area contributed by atoms with Gasteiger partial charge in [0.2, 0.25) is 5.91 Å². The van der Waals surface area contributed by atoms with E-state index in [0.29, 0.717) is 40.8 Å². The molecule has 2 aromatic carbocycles. The lowest BCUT2D eigenvalue weighted by molar-refractivity contribution is -0.137. The van der Waals surface area contributed by atoms with Crippen molar-refractivity contribution in [3.63, 3.8) is 0 Å². The first kappa shape index (κ1) is 19.2. The van der Waals surface area contributed by atoms with Crippen LogP contribution in [0.25, 0.3) is 32.9 Å². The van der Waals surface area contributed by atoms with E-state index in [4.69, 9.17) is 0 Å². The zero-order valence-electron chi connectivity index (χ0n) is 17.0. The molecule has 0 spiro atoms.